The first-order valence-electron chi connectivity index (χ1n) is 7.61. The monoisotopic (exact) mass is 439 g/mol. The van der Waals surface area contributed by atoms with Gasteiger partial charge in [0, 0.05) is 42.4 Å². The van der Waals surface area contributed by atoms with E-state index in [-0.39, 0.29) is 24.0 Å². The summed E-state index contributed by atoms with van der Waals surface area (Å²) in [5.74, 6) is 1.42. The van der Waals surface area contributed by atoms with Crippen LogP contribution in [0.4, 0.5) is 0 Å². The maximum absolute atomic E-state index is 5.55. The summed E-state index contributed by atoms with van der Waals surface area (Å²) in [6.07, 6.45) is 1.02. The molecule has 0 radical (unpaired) electrons. The standard InChI is InChI=1S/C16H29N3OS.HI/c1-12(2)11-20-9-8-18-16(17-5)19-13(3)10-15-7-6-14(4)21-15;/h6-7,12-13H,8-11H2,1-5H3,(H2,17,18,19);1H. The average Bonchev–Trinajstić information content (AvgIpc) is 2.81. The molecule has 1 rings (SSSR count). The second kappa shape index (κ2) is 12.1. The molecule has 1 aromatic rings. The largest absolute Gasteiger partial charge is 0.379 e. The van der Waals surface area contributed by atoms with E-state index in [1.165, 1.54) is 9.75 Å². The van der Waals surface area contributed by atoms with Crippen molar-refractivity contribution in [2.24, 2.45) is 10.9 Å². The summed E-state index contributed by atoms with van der Waals surface area (Å²) in [6, 6.07) is 4.73. The normalized spacial score (nSPS) is 12.9. The Bertz CT molecular complexity index is 435. The summed E-state index contributed by atoms with van der Waals surface area (Å²) in [5, 5.41) is 6.70. The molecular weight excluding hydrogens is 409 g/mol. The van der Waals surface area contributed by atoms with Crippen LogP contribution in [0.3, 0.4) is 0 Å². The smallest absolute Gasteiger partial charge is 0.191 e. The highest BCUT2D eigenvalue weighted by Gasteiger charge is 2.07. The number of rotatable bonds is 8. The zero-order valence-corrected chi connectivity index (χ0v) is 17.5. The van der Waals surface area contributed by atoms with Gasteiger partial charge in [0.25, 0.3) is 0 Å². The highest BCUT2D eigenvalue weighted by molar-refractivity contribution is 14.0. The van der Waals surface area contributed by atoms with Crippen molar-refractivity contribution in [3.8, 4) is 0 Å². The molecule has 2 N–H and O–H groups in total. The number of nitrogens with one attached hydrogen (secondary N) is 2. The molecule has 0 spiro atoms. The number of hydrogen-bond acceptors (Lipinski definition) is 3. The van der Waals surface area contributed by atoms with Gasteiger partial charge in [0.1, 0.15) is 0 Å². The third-order valence-corrected chi connectivity index (χ3v) is 3.92. The van der Waals surface area contributed by atoms with Crippen molar-refractivity contribution in [1.29, 1.82) is 0 Å². The third kappa shape index (κ3) is 9.63. The molecule has 1 heterocycles. The van der Waals surface area contributed by atoms with Crippen molar-refractivity contribution in [3.05, 3.63) is 21.9 Å². The second-order valence-corrected chi connectivity index (χ2v) is 7.10. The molecular formula is C16H30IN3OS. The van der Waals surface area contributed by atoms with Gasteiger partial charge in [-0.15, -0.1) is 35.3 Å². The van der Waals surface area contributed by atoms with E-state index < -0.39 is 0 Å². The van der Waals surface area contributed by atoms with Crippen LogP contribution >= 0.6 is 35.3 Å². The molecule has 0 saturated carbocycles. The Labute approximate surface area is 156 Å². The fourth-order valence-corrected chi connectivity index (χ4v) is 2.96. The van der Waals surface area contributed by atoms with Crippen molar-refractivity contribution in [1.82, 2.24) is 10.6 Å². The van der Waals surface area contributed by atoms with E-state index in [2.05, 4.69) is 55.5 Å². The fourth-order valence-electron chi connectivity index (χ4n) is 1.94. The highest BCUT2D eigenvalue weighted by Crippen LogP contribution is 2.16. The Morgan fingerprint density at radius 3 is 2.59 bits per heavy atom. The van der Waals surface area contributed by atoms with E-state index >= 15 is 0 Å². The van der Waals surface area contributed by atoms with E-state index in [1.54, 1.807) is 7.05 Å². The summed E-state index contributed by atoms with van der Waals surface area (Å²) >= 11 is 1.86. The highest BCUT2D eigenvalue weighted by atomic mass is 127. The number of aryl methyl sites for hydroxylation is 1. The van der Waals surface area contributed by atoms with Gasteiger partial charge in [-0.1, -0.05) is 13.8 Å². The first-order valence-corrected chi connectivity index (χ1v) is 8.43. The molecule has 6 heteroatoms. The minimum atomic E-state index is 0. The number of nitrogens with zero attached hydrogens (tertiary/aromatic N) is 1. The number of aliphatic imine (C=N–C) groups is 1. The number of thiophene rings is 1. The zero-order chi connectivity index (χ0) is 15.7. The van der Waals surface area contributed by atoms with Crippen molar-refractivity contribution in [3.63, 3.8) is 0 Å². The molecule has 1 aromatic heterocycles. The molecule has 0 aromatic carbocycles. The van der Waals surface area contributed by atoms with E-state index in [0.29, 0.717) is 18.6 Å². The molecule has 1 unspecified atom stereocenters. The van der Waals surface area contributed by atoms with Gasteiger partial charge in [0.15, 0.2) is 5.96 Å². The van der Waals surface area contributed by atoms with E-state index in [9.17, 15) is 0 Å². The zero-order valence-electron chi connectivity index (χ0n) is 14.3. The van der Waals surface area contributed by atoms with E-state index in [4.69, 9.17) is 4.74 Å². The molecule has 0 aliphatic rings. The SMILES string of the molecule is CN=C(NCCOCC(C)C)NC(C)Cc1ccc(C)s1.I. The summed E-state index contributed by atoms with van der Waals surface area (Å²) < 4.78 is 5.55. The van der Waals surface area contributed by atoms with Crippen LogP contribution in [0.2, 0.25) is 0 Å². The summed E-state index contributed by atoms with van der Waals surface area (Å²) in [4.78, 5) is 7.02. The predicted molar refractivity (Wildman–Crippen MR) is 108 cm³/mol. The molecule has 128 valence electrons. The van der Waals surface area contributed by atoms with Gasteiger partial charge in [-0.2, -0.15) is 0 Å². The van der Waals surface area contributed by atoms with Crippen LogP contribution in [0.5, 0.6) is 0 Å². The van der Waals surface area contributed by atoms with Crippen LogP contribution in [0.15, 0.2) is 17.1 Å². The Kier molecular flexibility index (Phi) is 11.9. The molecule has 1 atom stereocenters. The number of guanidine groups is 1. The Balaban J connectivity index is 0.00000441. The molecule has 0 aliphatic carbocycles. The van der Waals surface area contributed by atoms with Gasteiger partial charge >= 0.3 is 0 Å². The summed E-state index contributed by atoms with van der Waals surface area (Å²) in [6.45, 7) is 10.9. The Morgan fingerprint density at radius 1 is 1.32 bits per heavy atom. The van der Waals surface area contributed by atoms with Crippen molar-refractivity contribution >= 4 is 41.3 Å². The fraction of sp³-hybridized carbons (Fsp3) is 0.688. The minimum absolute atomic E-state index is 0. The molecule has 0 aliphatic heterocycles. The lowest BCUT2D eigenvalue weighted by Gasteiger charge is -2.17. The van der Waals surface area contributed by atoms with Gasteiger partial charge in [0.05, 0.1) is 6.61 Å². The summed E-state index contributed by atoms with van der Waals surface area (Å²) in [7, 11) is 1.80. The van der Waals surface area contributed by atoms with E-state index in [1.807, 2.05) is 11.3 Å². The average molecular weight is 439 g/mol. The predicted octanol–water partition coefficient (Wildman–Crippen LogP) is 3.44. The summed E-state index contributed by atoms with van der Waals surface area (Å²) in [5.41, 5.74) is 0. The Morgan fingerprint density at radius 2 is 2.05 bits per heavy atom. The van der Waals surface area contributed by atoms with E-state index in [0.717, 1.165) is 25.5 Å². The van der Waals surface area contributed by atoms with Crippen LogP contribution in [-0.4, -0.2) is 38.8 Å². The molecule has 0 saturated heterocycles. The Hall–Kier alpha value is -0.340. The lowest BCUT2D eigenvalue weighted by Crippen LogP contribution is -2.44. The van der Waals surface area contributed by atoms with Crippen LogP contribution < -0.4 is 10.6 Å². The van der Waals surface area contributed by atoms with Crippen molar-refractivity contribution < 1.29 is 4.74 Å². The molecule has 22 heavy (non-hydrogen) atoms. The van der Waals surface area contributed by atoms with Gasteiger partial charge in [-0.3, -0.25) is 4.99 Å². The first kappa shape index (κ1) is 21.7. The first-order chi connectivity index (χ1) is 10.0. The topological polar surface area (TPSA) is 45.7 Å². The number of halogens is 1. The maximum atomic E-state index is 5.55. The van der Waals surface area contributed by atoms with Gasteiger partial charge in [-0.05, 0) is 31.9 Å². The number of ether oxygens (including phenoxy) is 1. The van der Waals surface area contributed by atoms with Crippen molar-refractivity contribution in [2.45, 2.75) is 40.2 Å². The second-order valence-electron chi connectivity index (χ2n) is 5.73. The van der Waals surface area contributed by atoms with Crippen molar-refractivity contribution in [2.75, 3.05) is 26.8 Å². The molecule has 0 bridgehead atoms. The third-order valence-electron chi connectivity index (χ3n) is 2.90. The lowest BCUT2D eigenvalue weighted by atomic mass is 10.2. The van der Waals surface area contributed by atoms with Crippen LogP contribution in [0, 0.1) is 12.8 Å². The van der Waals surface area contributed by atoms with Gasteiger partial charge in [-0.25, -0.2) is 0 Å². The van der Waals surface area contributed by atoms with Crippen LogP contribution in [-0.2, 0) is 11.2 Å². The lowest BCUT2D eigenvalue weighted by molar-refractivity contribution is 0.114. The van der Waals surface area contributed by atoms with Gasteiger partial charge in [0.2, 0.25) is 0 Å². The maximum Gasteiger partial charge on any atom is 0.191 e. The minimum Gasteiger partial charge on any atom is -0.379 e. The van der Waals surface area contributed by atoms with Crippen LogP contribution in [0.25, 0.3) is 0 Å². The molecule has 4 nitrogen and oxygen atoms in total. The quantitative estimate of drug-likeness (QED) is 0.282. The van der Waals surface area contributed by atoms with Gasteiger partial charge < -0.3 is 15.4 Å². The van der Waals surface area contributed by atoms with Crippen LogP contribution in [0.1, 0.15) is 30.5 Å². The molecule has 0 fully saturated rings. The number of hydrogen-bond donors (Lipinski definition) is 2. The molecule has 0 amide bonds.